The number of hydrogen-bond donors (Lipinski definition) is 1. The second-order valence-electron chi connectivity index (χ2n) is 6.50. The second-order valence-corrected chi connectivity index (χ2v) is 6.50. The van der Waals surface area contributed by atoms with Crippen molar-refractivity contribution in [2.75, 3.05) is 12.4 Å². The van der Waals surface area contributed by atoms with Crippen LogP contribution < -0.4 is 10.1 Å². The molecule has 0 bridgehead atoms. The van der Waals surface area contributed by atoms with E-state index in [9.17, 15) is 4.79 Å². The van der Waals surface area contributed by atoms with Gasteiger partial charge in [-0.3, -0.25) is 4.79 Å². The average Bonchev–Trinajstić information content (AvgIpc) is 2.53. The topological polar surface area (TPSA) is 38.3 Å². The molecule has 2 aromatic rings. The number of anilines is 1. The summed E-state index contributed by atoms with van der Waals surface area (Å²) in [6.45, 7) is 6.46. The molecule has 1 amide bonds. The molecule has 0 aliphatic rings. The van der Waals surface area contributed by atoms with E-state index in [-0.39, 0.29) is 11.3 Å². The Bertz CT molecular complexity index is 677. The summed E-state index contributed by atoms with van der Waals surface area (Å²) in [5, 5.41) is 2.87. The number of nitrogens with one attached hydrogen (secondary N) is 1. The lowest BCUT2D eigenvalue weighted by atomic mass is 9.95. The van der Waals surface area contributed by atoms with E-state index >= 15 is 0 Å². The Balaban J connectivity index is 2.03. The molecule has 2 rings (SSSR count). The monoisotopic (exact) mass is 309 g/mol. The maximum Gasteiger partial charge on any atom is 0.255 e. The molecule has 0 atom stereocenters. The van der Waals surface area contributed by atoms with Gasteiger partial charge in [0.05, 0.1) is 7.11 Å². The Hall–Kier alpha value is -2.55. The normalized spacial score (nSPS) is 11.5. The first kappa shape index (κ1) is 16.8. The molecule has 3 nitrogen and oxygen atoms in total. The van der Waals surface area contributed by atoms with Crippen LogP contribution in [-0.2, 0) is 0 Å². The lowest BCUT2D eigenvalue weighted by Gasteiger charge is -2.11. The van der Waals surface area contributed by atoms with Crippen molar-refractivity contribution in [1.29, 1.82) is 0 Å². The third kappa shape index (κ3) is 5.29. The fourth-order valence-electron chi connectivity index (χ4n) is 1.97. The predicted molar refractivity (Wildman–Crippen MR) is 95.9 cm³/mol. The number of allylic oxidation sites excluding steroid dienone is 1. The zero-order valence-electron chi connectivity index (χ0n) is 14.1. The zero-order valence-corrected chi connectivity index (χ0v) is 14.1. The third-order valence-corrected chi connectivity index (χ3v) is 3.30. The van der Waals surface area contributed by atoms with E-state index in [4.69, 9.17) is 4.74 Å². The van der Waals surface area contributed by atoms with Gasteiger partial charge in [0.2, 0.25) is 0 Å². The smallest absolute Gasteiger partial charge is 0.255 e. The van der Waals surface area contributed by atoms with E-state index in [1.54, 1.807) is 7.11 Å². The predicted octanol–water partition coefficient (Wildman–Crippen LogP) is 5.01. The highest BCUT2D eigenvalue weighted by Gasteiger charge is 2.07. The number of benzene rings is 2. The van der Waals surface area contributed by atoms with Crippen molar-refractivity contribution in [2.24, 2.45) is 5.41 Å². The number of rotatable bonds is 4. The summed E-state index contributed by atoms with van der Waals surface area (Å²) in [5.41, 5.74) is 2.60. The van der Waals surface area contributed by atoms with E-state index in [0.717, 1.165) is 17.0 Å². The molecule has 0 saturated carbocycles. The van der Waals surface area contributed by atoms with Gasteiger partial charge in [0.15, 0.2) is 0 Å². The molecule has 1 N–H and O–H groups in total. The molecule has 0 radical (unpaired) electrons. The van der Waals surface area contributed by atoms with Gasteiger partial charge in [-0.25, -0.2) is 0 Å². The van der Waals surface area contributed by atoms with Crippen LogP contribution in [0.15, 0.2) is 54.6 Å². The summed E-state index contributed by atoms with van der Waals surface area (Å²) in [6.07, 6.45) is 4.23. The minimum atomic E-state index is -0.124. The highest BCUT2D eigenvalue weighted by Crippen LogP contribution is 2.18. The quantitative estimate of drug-likeness (QED) is 0.862. The van der Waals surface area contributed by atoms with Crippen LogP contribution in [-0.4, -0.2) is 13.0 Å². The van der Waals surface area contributed by atoms with Crippen molar-refractivity contribution < 1.29 is 9.53 Å². The molecule has 0 fully saturated rings. The fourth-order valence-corrected chi connectivity index (χ4v) is 1.97. The number of hydrogen-bond acceptors (Lipinski definition) is 2. The van der Waals surface area contributed by atoms with Crippen molar-refractivity contribution in [1.82, 2.24) is 0 Å². The van der Waals surface area contributed by atoms with E-state index in [1.165, 1.54) is 0 Å². The van der Waals surface area contributed by atoms with Crippen molar-refractivity contribution in [3.63, 3.8) is 0 Å². The maximum atomic E-state index is 12.2. The summed E-state index contributed by atoms with van der Waals surface area (Å²) in [4.78, 5) is 12.2. The SMILES string of the molecule is COc1ccc(NC(=O)c2ccc(/C=C/C(C)(C)C)cc2)cc1. The van der Waals surface area contributed by atoms with Gasteiger partial charge in [-0.2, -0.15) is 0 Å². The Morgan fingerprint density at radius 3 is 2.13 bits per heavy atom. The summed E-state index contributed by atoms with van der Waals surface area (Å²) < 4.78 is 5.10. The van der Waals surface area contributed by atoms with Gasteiger partial charge in [-0.05, 0) is 47.4 Å². The van der Waals surface area contributed by atoms with Gasteiger partial charge in [0.25, 0.3) is 5.91 Å². The summed E-state index contributed by atoms with van der Waals surface area (Å²) in [7, 11) is 1.61. The van der Waals surface area contributed by atoms with Crippen LogP contribution in [0.5, 0.6) is 5.75 Å². The van der Waals surface area contributed by atoms with Gasteiger partial charge in [0, 0.05) is 11.3 Å². The van der Waals surface area contributed by atoms with Gasteiger partial charge in [-0.1, -0.05) is 45.1 Å². The summed E-state index contributed by atoms with van der Waals surface area (Å²) in [5.74, 6) is 0.638. The number of carbonyl (C=O) groups is 1. The van der Waals surface area contributed by atoms with Crippen molar-refractivity contribution in [2.45, 2.75) is 20.8 Å². The maximum absolute atomic E-state index is 12.2. The second kappa shape index (κ2) is 7.14. The fraction of sp³-hybridized carbons (Fsp3) is 0.250. The van der Waals surface area contributed by atoms with Crippen molar-refractivity contribution >= 4 is 17.7 Å². The molecule has 0 saturated heterocycles. The molecule has 0 aromatic heterocycles. The number of amides is 1. The molecule has 0 unspecified atom stereocenters. The molecule has 120 valence electrons. The molecular weight excluding hydrogens is 286 g/mol. The van der Waals surface area contributed by atoms with Crippen LogP contribution in [0, 0.1) is 5.41 Å². The number of methoxy groups -OCH3 is 1. The lowest BCUT2D eigenvalue weighted by molar-refractivity contribution is 0.102. The number of ether oxygens (including phenoxy) is 1. The highest BCUT2D eigenvalue weighted by molar-refractivity contribution is 6.04. The zero-order chi connectivity index (χ0) is 16.9. The van der Waals surface area contributed by atoms with Crippen LogP contribution in [0.1, 0.15) is 36.7 Å². The van der Waals surface area contributed by atoms with Crippen LogP contribution in [0.2, 0.25) is 0 Å². The Morgan fingerprint density at radius 1 is 1.00 bits per heavy atom. The first-order chi connectivity index (χ1) is 10.9. The molecule has 3 heteroatoms. The Labute approximate surface area is 138 Å². The average molecular weight is 309 g/mol. The van der Waals surface area contributed by atoms with E-state index in [2.05, 4.69) is 38.2 Å². The molecule has 0 aliphatic carbocycles. The van der Waals surface area contributed by atoms with Crippen molar-refractivity contribution in [3.8, 4) is 5.75 Å². The van der Waals surface area contributed by atoms with Crippen LogP contribution in [0.4, 0.5) is 5.69 Å². The van der Waals surface area contributed by atoms with Gasteiger partial charge in [-0.15, -0.1) is 0 Å². The minimum Gasteiger partial charge on any atom is -0.497 e. The van der Waals surface area contributed by atoms with Crippen LogP contribution in [0.3, 0.4) is 0 Å². The van der Waals surface area contributed by atoms with E-state index in [0.29, 0.717) is 5.56 Å². The Kier molecular flexibility index (Phi) is 5.22. The summed E-state index contributed by atoms with van der Waals surface area (Å²) in [6, 6.07) is 14.8. The van der Waals surface area contributed by atoms with E-state index in [1.807, 2.05) is 48.5 Å². The molecular formula is C20H23NO2. The molecule has 2 aromatic carbocycles. The first-order valence-electron chi connectivity index (χ1n) is 7.62. The minimum absolute atomic E-state index is 0.124. The van der Waals surface area contributed by atoms with Gasteiger partial charge in [0.1, 0.15) is 5.75 Å². The highest BCUT2D eigenvalue weighted by atomic mass is 16.5. The Morgan fingerprint density at radius 2 is 1.61 bits per heavy atom. The van der Waals surface area contributed by atoms with Crippen molar-refractivity contribution in [3.05, 3.63) is 65.7 Å². The number of carbonyl (C=O) groups excluding carboxylic acids is 1. The van der Waals surface area contributed by atoms with Gasteiger partial charge >= 0.3 is 0 Å². The van der Waals surface area contributed by atoms with Gasteiger partial charge < -0.3 is 10.1 Å². The first-order valence-corrected chi connectivity index (χ1v) is 7.62. The summed E-state index contributed by atoms with van der Waals surface area (Å²) >= 11 is 0. The van der Waals surface area contributed by atoms with Crippen LogP contribution >= 0.6 is 0 Å². The molecule has 0 aliphatic heterocycles. The third-order valence-electron chi connectivity index (χ3n) is 3.30. The standard InChI is InChI=1S/C20H23NO2/c1-20(2,3)14-13-15-5-7-16(8-6-15)19(22)21-17-9-11-18(23-4)12-10-17/h5-14H,1-4H3,(H,21,22)/b14-13+. The molecule has 0 spiro atoms. The largest absolute Gasteiger partial charge is 0.497 e. The molecule has 23 heavy (non-hydrogen) atoms. The molecule has 0 heterocycles. The lowest BCUT2D eigenvalue weighted by Crippen LogP contribution is -2.11. The van der Waals surface area contributed by atoms with Crippen LogP contribution in [0.25, 0.3) is 6.08 Å². The van der Waals surface area contributed by atoms with E-state index < -0.39 is 0 Å².